The first kappa shape index (κ1) is 23.8. The van der Waals surface area contributed by atoms with Crippen molar-refractivity contribution in [2.24, 2.45) is 0 Å². The van der Waals surface area contributed by atoms with E-state index in [9.17, 15) is 9.59 Å². The number of carbonyl (C=O) groups is 2. The average Bonchev–Trinajstić information content (AvgIpc) is 2.80. The van der Waals surface area contributed by atoms with Crippen molar-refractivity contribution >= 4 is 46.4 Å². The van der Waals surface area contributed by atoms with Crippen LogP contribution in [0.2, 0.25) is 5.02 Å². The zero-order valence-corrected chi connectivity index (χ0v) is 19.7. The van der Waals surface area contributed by atoms with Crippen molar-refractivity contribution in [1.82, 2.24) is 15.1 Å². The molecule has 0 atom stereocenters. The minimum absolute atomic E-state index is 0.0443. The SMILES string of the molecule is COc1cc(OC)cc(C(=O)NC(=S)Nc2cc(C(=O)N3CCN(C)CC3)ccc2Cl)c1. The molecule has 170 valence electrons. The zero-order chi connectivity index (χ0) is 23.3. The fraction of sp³-hybridized carbons (Fsp3) is 0.318. The number of rotatable bonds is 5. The summed E-state index contributed by atoms with van der Waals surface area (Å²) in [6.07, 6.45) is 0. The van der Waals surface area contributed by atoms with E-state index in [4.69, 9.17) is 33.3 Å². The third-order valence-corrected chi connectivity index (χ3v) is 5.63. The second kappa shape index (κ2) is 10.6. The Morgan fingerprint density at radius 2 is 1.59 bits per heavy atom. The van der Waals surface area contributed by atoms with Gasteiger partial charge < -0.3 is 24.6 Å². The molecule has 0 spiro atoms. The Hall–Kier alpha value is -2.88. The van der Waals surface area contributed by atoms with E-state index < -0.39 is 5.91 Å². The Kier molecular flexibility index (Phi) is 7.89. The van der Waals surface area contributed by atoms with Crippen molar-refractivity contribution in [2.45, 2.75) is 0 Å². The Labute approximate surface area is 197 Å². The van der Waals surface area contributed by atoms with Crippen LogP contribution >= 0.6 is 23.8 Å². The molecule has 0 radical (unpaired) electrons. The highest BCUT2D eigenvalue weighted by molar-refractivity contribution is 7.80. The van der Waals surface area contributed by atoms with Gasteiger partial charge in [-0.2, -0.15) is 0 Å². The normalized spacial score (nSPS) is 13.9. The molecule has 1 saturated heterocycles. The lowest BCUT2D eigenvalue weighted by Crippen LogP contribution is -2.47. The summed E-state index contributed by atoms with van der Waals surface area (Å²) in [5, 5.41) is 5.92. The molecule has 0 saturated carbocycles. The number of thiocarbonyl (C=S) groups is 1. The molecule has 32 heavy (non-hydrogen) atoms. The molecule has 2 aromatic carbocycles. The lowest BCUT2D eigenvalue weighted by Gasteiger charge is -2.32. The maximum absolute atomic E-state index is 12.8. The van der Waals surface area contributed by atoms with E-state index in [1.54, 1.807) is 36.4 Å². The Morgan fingerprint density at radius 1 is 0.969 bits per heavy atom. The number of halogens is 1. The van der Waals surface area contributed by atoms with Gasteiger partial charge in [-0.15, -0.1) is 0 Å². The van der Waals surface area contributed by atoms with Crippen LogP contribution in [0.15, 0.2) is 36.4 Å². The van der Waals surface area contributed by atoms with Gasteiger partial charge in [0.15, 0.2) is 5.11 Å². The fourth-order valence-corrected chi connectivity index (χ4v) is 3.58. The minimum atomic E-state index is -0.444. The van der Waals surface area contributed by atoms with Crippen LogP contribution in [0.4, 0.5) is 5.69 Å². The van der Waals surface area contributed by atoms with Gasteiger partial charge in [-0.25, -0.2) is 0 Å². The van der Waals surface area contributed by atoms with Crippen LogP contribution in [0.3, 0.4) is 0 Å². The number of hydrogen-bond donors (Lipinski definition) is 2. The van der Waals surface area contributed by atoms with Crippen LogP contribution in [-0.4, -0.2) is 74.2 Å². The predicted octanol–water partition coefficient (Wildman–Crippen LogP) is 2.87. The third kappa shape index (κ3) is 5.87. The third-order valence-electron chi connectivity index (χ3n) is 5.09. The maximum atomic E-state index is 12.8. The van der Waals surface area contributed by atoms with Crippen LogP contribution in [0.25, 0.3) is 0 Å². The van der Waals surface area contributed by atoms with Crippen molar-refractivity contribution in [3.63, 3.8) is 0 Å². The fourth-order valence-electron chi connectivity index (χ4n) is 3.21. The molecule has 1 fully saturated rings. The summed E-state index contributed by atoms with van der Waals surface area (Å²) >= 11 is 11.6. The topological polar surface area (TPSA) is 83.1 Å². The summed E-state index contributed by atoms with van der Waals surface area (Å²) in [6.45, 7) is 2.99. The molecule has 0 aromatic heterocycles. The summed E-state index contributed by atoms with van der Waals surface area (Å²) in [5.41, 5.74) is 1.24. The Morgan fingerprint density at radius 3 is 2.19 bits per heavy atom. The highest BCUT2D eigenvalue weighted by atomic mass is 35.5. The molecule has 0 unspecified atom stereocenters. The van der Waals surface area contributed by atoms with E-state index in [0.717, 1.165) is 13.1 Å². The number of nitrogens with zero attached hydrogens (tertiary/aromatic N) is 2. The molecule has 2 N–H and O–H groups in total. The van der Waals surface area contributed by atoms with E-state index in [1.165, 1.54) is 14.2 Å². The van der Waals surface area contributed by atoms with E-state index in [2.05, 4.69) is 15.5 Å². The van der Waals surface area contributed by atoms with Gasteiger partial charge in [-0.05, 0) is 49.6 Å². The van der Waals surface area contributed by atoms with Gasteiger partial charge in [-0.1, -0.05) is 11.6 Å². The number of piperazine rings is 1. The Balaban J connectivity index is 1.69. The zero-order valence-electron chi connectivity index (χ0n) is 18.1. The molecule has 1 aliphatic rings. The molecule has 2 amide bonds. The van der Waals surface area contributed by atoms with E-state index in [-0.39, 0.29) is 11.0 Å². The largest absolute Gasteiger partial charge is 0.497 e. The standard InChI is InChI=1S/C22H25ClN4O4S/c1-26-6-8-27(9-7-26)21(29)14-4-5-18(23)19(12-14)24-22(32)25-20(28)15-10-16(30-2)13-17(11-15)31-3/h4-5,10-13H,6-9H2,1-3H3,(H2,24,25,28,32). The maximum Gasteiger partial charge on any atom is 0.257 e. The number of ether oxygens (including phenoxy) is 2. The van der Waals surface area contributed by atoms with Gasteiger partial charge in [0.2, 0.25) is 0 Å². The summed E-state index contributed by atoms with van der Waals surface area (Å²) in [4.78, 5) is 29.5. The Bertz CT molecular complexity index is 1000. The molecule has 2 aromatic rings. The molecule has 10 heteroatoms. The van der Waals surface area contributed by atoms with E-state index >= 15 is 0 Å². The van der Waals surface area contributed by atoms with E-state index in [1.807, 2.05) is 11.9 Å². The van der Waals surface area contributed by atoms with Crippen molar-refractivity contribution in [3.8, 4) is 11.5 Å². The number of hydrogen-bond acceptors (Lipinski definition) is 6. The number of nitrogens with one attached hydrogen (secondary N) is 2. The van der Waals surface area contributed by atoms with Crippen molar-refractivity contribution < 1.29 is 19.1 Å². The highest BCUT2D eigenvalue weighted by Crippen LogP contribution is 2.25. The summed E-state index contributed by atoms with van der Waals surface area (Å²) in [6, 6.07) is 9.75. The number of amides is 2. The quantitative estimate of drug-likeness (QED) is 0.642. The number of carbonyl (C=O) groups excluding carboxylic acids is 2. The number of methoxy groups -OCH3 is 2. The lowest BCUT2D eigenvalue weighted by molar-refractivity contribution is 0.0664. The first-order chi connectivity index (χ1) is 15.3. The van der Waals surface area contributed by atoms with Crippen LogP contribution in [0, 0.1) is 0 Å². The van der Waals surface area contributed by atoms with Gasteiger partial charge in [0, 0.05) is 43.4 Å². The summed E-state index contributed by atoms with van der Waals surface area (Å²) in [7, 11) is 5.03. The first-order valence-electron chi connectivity index (χ1n) is 9.93. The molecule has 0 aliphatic carbocycles. The molecule has 3 rings (SSSR count). The first-order valence-corrected chi connectivity index (χ1v) is 10.7. The van der Waals surface area contributed by atoms with E-state index in [0.29, 0.717) is 46.4 Å². The molecular weight excluding hydrogens is 452 g/mol. The molecule has 1 heterocycles. The van der Waals surface area contributed by atoms with Gasteiger partial charge in [-0.3, -0.25) is 14.9 Å². The van der Waals surface area contributed by atoms with Crippen molar-refractivity contribution in [3.05, 3.63) is 52.5 Å². The second-order valence-corrected chi connectivity index (χ2v) is 8.12. The highest BCUT2D eigenvalue weighted by Gasteiger charge is 2.21. The summed E-state index contributed by atoms with van der Waals surface area (Å²) < 4.78 is 10.4. The molecule has 0 bridgehead atoms. The molecule has 1 aliphatic heterocycles. The smallest absolute Gasteiger partial charge is 0.257 e. The van der Waals surface area contributed by atoms with Crippen LogP contribution in [-0.2, 0) is 0 Å². The van der Waals surface area contributed by atoms with Gasteiger partial charge in [0.05, 0.1) is 24.9 Å². The van der Waals surface area contributed by atoms with Crippen LogP contribution < -0.4 is 20.1 Å². The van der Waals surface area contributed by atoms with Gasteiger partial charge in [0.1, 0.15) is 11.5 Å². The van der Waals surface area contributed by atoms with Crippen LogP contribution in [0.5, 0.6) is 11.5 Å². The predicted molar refractivity (Wildman–Crippen MR) is 128 cm³/mol. The van der Waals surface area contributed by atoms with Crippen LogP contribution in [0.1, 0.15) is 20.7 Å². The average molecular weight is 477 g/mol. The summed E-state index contributed by atoms with van der Waals surface area (Å²) in [5.74, 6) is 0.440. The van der Waals surface area contributed by atoms with Crippen molar-refractivity contribution in [1.29, 1.82) is 0 Å². The van der Waals surface area contributed by atoms with Gasteiger partial charge >= 0.3 is 0 Å². The second-order valence-electron chi connectivity index (χ2n) is 7.30. The van der Waals surface area contributed by atoms with Gasteiger partial charge in [0.25, 0.3) is 11.8 Å². The molecule has 8 nitrogen and oxygen atoms in total. The molecular formula is C22H25ClN4O4S. The lowest BCUT2D eigenvalue weighted by atomic mass is 10.1. The number of anilines is 1. The number of benzene rings is 2. The number of likely N-dealkylation sites (N-methyl/N-ethyl adjacent to an activating group) is 1. The minimum Gasteiger partial charge on any atom is -0.497 e. The van der Waals surface area contributed by atoms with Crippen molar-refractivity contribution in [2.75, 3.05) is 52.8 Å². The monoisotopic (exact) mass is 476 g/mol.